The molecule has 1 N–H and O–H groups in total. The summed E-state index contributed by atoms with van der Waals surface area (Å²) in [5, 5.41) is 10.4. The fourth-order valence-corrected chi connectivity index (χ4v) is 2.13. The quantitative estimate of drug-likeness (QED) is 0.673. The van der Waals surface area contributed by atoms with E-state index < -0.39 is 5.97 Å². The molecule has 0 aliphatic heterocycles. The minimum Gasteiger partial charge on any atom is -0.481 e. The largest absolute Gasteiger partial charge is 0.481 e. The number of rotatable bonds is 5. The molecule has 2 rings (SSSR count). The summed E-state index contributed by atoms with van der Waals surface area (Å²) in [6, 6.07) is 10.4. The van der Waals surface area contributed by atoms with Crippen LogP contribution < -0.4 is 4.74 Å². The zero-order valence-electron chi connectivity index (χ0n) is 10.0. The van der Waals surface area contributed by atoms with Crippen LogP contribution in [0.1, 0.15) is 21.7 Å². The van der Waals surface area contributed by atoms with Crippen molar-refractivity contribution >= 4 is 23.3 Å². The number of esters is 1. The molecule has 0 saturated heterocycles. The standard InChI is InChI=1S/C14H12O4S/c15-13(16)8-5-10-3-6-11(7-4-10)18-14(17)12-2-1-9-19-12/h1-4,6-7,9H,5,8H2,(H,15,16). The van der Waals surface area contributed by atoms with E-state index in [1.54, 1.807) is 36.4 Å². The van der Waals surface area contributed by atoms with E-state index in [4.69, 9.17) is 9.84 Å². The average Bonchev–Trinajstić information content (AvgIpc) is 2.92. The Hall–Kier alpha value is -2.14. The van der Waals surface area contributed by atoms with Gasteiger partial charge in [-0.3, -0.25) is 4.79 Å². The van der Waals surface area contributed by atoms with E-state index in [2.05, 4.69) is 0 Å². The number of ether oxygens (including phenoxy) is 1. The van der Waals surface area contributed by atoms with E-state index in [0.29, 0.717) is 17.0 Å². The lowest BCUT2D eigenvalue weighted by atomic mass is 10.1. The van der Waals surface area contributed by atoms with Gasteiger partial charge in [-0.1, -0.05) is 18.2 Å². The number of hydrogen-bond donors (Lipinski definition) is 1. The van der Waals surface area contributed by atoms with Crippen LogP contribution in [0.15, 0.2) is 41.8 Å². The van der Waals surface area contributed by atoms with Crippen LogP contribution in [0.2, 0.25) is 0 Å². The molecule has 1 aromatic heterocycles. The maximum Gasteiger partial charge on any atom is 0.353 e. The highest BCUT2D eigenvalue weighted by molar-refractivity contribution is 7.12. The molecule has 0 amide bonds. The molecule has 1 aromatic carbocycles. The molecule has 0 saturated carbocycles. The minimum absolute atomic E-state index is 0.0916. The number of carboxylic acids is 1. The fourth-order valence-electron chi connectivity index (χ4n) is 1.53. The van der Waals surface area contributed by atoms with Crippen LogP contribution in [0.25, 0.3) is 0 Å². The molecule has 0 atom stereocenters. The Bertz CT molecular complexity index is 558. The lowest BCUT2D eigenvalue weighted by Crippen LogP contribution is -2.06. The normalized spacial score (nSPS) is 10.1. The Morgan fingerprint density at radius 1 is 1.16 bits per heavy atom. The fraction of sp³-hybridized carbons (Fsp3) is 0.143. The van der Waals surface area contributed by atoms with E-state index in [1.807, 2.05) is 5.38 Å². The maximum atomic E-state index is 11.7. The van der Waals surface area contributed by atoms with Gasteiger partial charge < -0.3 is 9.84 Å². The van der Waals surface area contributed by atoms with Crippen LogP contribution in [0.3, 0.4) is 0 Å². The van der Waals surface area contributed by atoms with Crippen molar-refractivity contribution < 1.29 is 19.4 Å². The van der Waals surface area contributed by atoms with E-state index in [0.717, 1.165) is 5.56 Å². The molecule has 2 aromatic rings. The van der Waals surface area contributed by atoms with Crippen LogP contribution in [-0.2, 0) is 11.2 Å². The molecule has 0 bridgehead atoms. The molecule has 0 aliphatic carbocycles. The zero-order valence-corrected chi connectivity index (χ0v) is 10.9. The van der Waals surface area contributed by atoms with Gasteiger partial charge in [-0.2, -0.15) is 0 Å². The van der Waals surface area contributed by atoms with Gasteiger partial charge in [-0.05, 0) is 35.6 Å². The van der Waals surface area contributed by atoms with Crippen LogP contribution in [0.5, 0.6) is 5.75 Å². The second-order valence-electron chi connectivity index (χ2n) is 3.90. The summed E-state index contributed by atoms with van der Waals surface area (Å²) >= 11 is 1.32. The van der Waals surface area contributed by atoms with Gasteiger partial charge >= 0.3 is 11.9 Å². The molecule has 0 radical (unpaired) electrons. The molecule has 0 unspecified atom stereocenters. The topological polar surface area (TPSA) is 63.6 Å². The molecular weight excluding hydrogens is 264 g/mol. The maximum absolute atomic E-state index is 11.7. The van der Waals surface area contributed by atoms with Crippen LogP contribution in [0.4, 0.5) is 0 Å². The summed E-state index contributed by atoms with van der Waals surface area (Å²) in [7, 11) is 0. The van der Waals surface area contributed by atoms with Gasteiger partial charge in [0.25, 0.3) is 0 Å². The van der Waals surface area contributed by atoms with Crippen LogP contribution in [0, 0.1) is 0 Å². The van der Waals surface area contributed by atoms with Gasteiger partial charge in [0, 0.05) is 6.42 Å². The first-order valence-electron chi connectivity index (χ1n) is 5.71. The number of aryl methyl sites for hydroxylation is 1. The first-order chi connectivity index (χ1) is 9.15. The summed E-state index contributed by atoms with van der Waals surface area (Å²) < 4.78 is 5.19. The average molecular weight is 276 g/mol. The molecule has 0 aliphatic rings. The number of carboxylic acid groups (broad SMARTS) is 1. The Morgan fingerprint density at radius 2 is 1.89 bits per heavy atom. The Balaban J connectivity index is 1.95. The van der Waals surface area contributed by atoms with Gasteiger partial charge in [0.1, 0.15) is 10.6 Å². The Morgan fingerprint density at radius 3 is 2.47 bits per heavy atom. The first-order valence-corrected chi connectivity index (χ1v) is 6.59. The predicted octanol–water partition coefficient (Wildman–Crippen LogP) is 2.98. The number of carbonyl (C=O) groups excluding carboxylic acids is 1. The molecule has 0 fully saturated rings. The Labute approximate surface area is 114 Å². The molecular formula is C14H12O4S. The highest BCUT2D eigenvalue weighted by Gasteiger charge is 2.09. The summed E-state index contributed by atoms with van der Waals surface area (Å²) in [4.78, 5) is 22.7. The number of aliphatic carboxylic acids is 1. The van der Waals surface area contributed by atoms with Gasteiger partial charge in [0.05, 0.1) is 0 Å². The smallest absolute Gasteiger partial charge is 0.353 e. The molecule has 0 spiro atoms. The monoisotopic (exact) mass is 276 g/mol. The van der Waals surface area contributed by atoms with E-state index in [9.17, 15) is 9.59 Å². The second kappa shape index (κ2) is 6.15. The summed E-state index contributed by atoms with van der Waals surface area (Å²) in [6.45, 7) is 0. The highest BCUT2D eigenvalue weighted by atomic mass is 32.1. The van der Waals surface area contributed by atoms with Gasteiger partial charge in [0.15, 0.2) is 0 Å². The minimum atomic E-state index is -0.826. The van der Waals surface area contributed by atoms with Crippen molar-refractivity contribution in [2.24, 2.45) is 0 Å². The number of benzene rings is 1. The third-order valence-corrected chi connectivity index (χ3v) is 3.33. The lowest BCUT2D eigenvalue weighted by molar-refractivity contribution is -0.136. The number of carbonyl (C=O) groups is 2. The van der Waals surface area contributed by atoms with Crippen molar-refractivity contribution in [2.75, 3.05) is 0 Å². The summed E-state index contributed by atoms with van der Waals surface area (Å²) in [5.41, 5.74) is 0.901. The summed E-state index contributed by atoms with van der Waals surface area (Å²) in [5.74, 6) is -0.751. The van der Waals surface area contributed by atoms with E-state index in [-0.39, 0.29) is 12.4 Å². The molecule has 4 nitrogen and oxygen atoms in total. The first kappa shape index (κ1) is 13.3. The molecule has 19 heavy (non-hydrogen) atoms. The third-order valence-electron chi connectivity index (χ3n) is 2.48. The SMILES string of the molecule is O=C(O)CCc1ccc(OC(=O)c2cccs2)cc1. The van der Waals surface area contributed by atoms with Crippen molar-refractivity contribution in [3.8, 4) is 5.75 Å². The lowest BCUT2D eigenvalue weighted by Gasteiger charge is -2.04. The number of hydrogen-bond acceptors (Lipinski definition) is 4. The molecule has 1 heterocycles. The molecule has 5 heteroatoms. The molecule has 98 valence electrons. The van der Waals surface area contributed by atoms with E-state index in [1.165, 1.54) is 11.3 Å². The van der Waals surface area contributed by atoms with Crippen molar-refractivity contribution in [1.29, 1.82) is 0 Å². The summed E-state index contributed by atoms with van der Waals surface area (Å²) in [6.07, 6.45) is 0.558. The van der Waals surface area contributed by atoms with Crippen molar-refractivity contribution in [1.82, 2.24) is 0 Å². The zero-order chi connectivity index (χ0) is 13.7. The predicted molar refractivity (Wildman–Crippen MR) is 71.7 cm³/mol. The van der Waals surface area contributed by atoms with Gasteiger partial charge in [-0.15, -0.1) is 11.3 Å². The van der Waals surface area contributed by atoms with Gasteiger partial charge in [0.2, 0.25) is 0 Å². The van der Waals surface area contributed by atoms with Crippen molar-refractivity contribution in [2.45, 2.75) is 12.8 Å². The van der Waals surface area contributed by atoms with Gasteiger partial charge in [-0.25, -0.2) is 4.79 Å². The highest BCUT2D eigenvalue weighted by Crippen LogP contribution is 2.17. The third kappa shape index (κ3) is 3.93. The van der Waals surface area contributed by atoms with E-state index >= 15 is 0 Å². The number of thiophene rings is 1. The van der Waals surface area contributed by atoms with Crippen LogP contribution in [-0.4, -0.2) is 17.0 Å². The van der Waals surface area contributed by atoms with Crippen LogP contribution >= 0.6 is 11.3 Å². The second-order valence-corrected chi connectivity index (χ2v) is 4.85. The van der Waals surface area contributed by atoms with Crippen molar-refractivity contribution in [3.05, 3.63) is 52.2 Å². The Kier molecular flexibility index (Phi) is 4.30. The van der Waals surface area contributed by atoms with Crippen molar-refractivity contribution in [3.63, 3.8) is 0 Å².